The van der Waals surface area contributed by atoms with Crippen molar-refractivity contribution in [3.63, 3.8) is 0 Å². The Morgan fingerprint density at radius 3 is 2.35 bits per heavy atom. The van der Waals surface area contributed by atoms with Crippen molar-refractivity contribution in [1.29, 1.82) is 0 Å². The van der Waals surface area contributed by atoms with Crippen LogP contribution in [0.3, 0.4) is 0 Å². The van der Waals surface area contributed by atoms with Gasteiger partial charge in [0.1, 0.15) is 17.3 Å². The highest BCUT2D eigenvalue weighted by atomic mass is 19.1. The Bertz CT molecular complexity index is 1060. The van der Waals surface area contributed by atoms with Crippen molar-refractivity contribution >= 4 is 11.8 Å². The van der Waals surface area contributed by atoms with Crippen LogP contribution in [-0.2, 0) is 17.9 Å². The molecule has 0 aromatic heterocycles. The fourth-order valence-electron chi connectivity index (χ4n) is 3.50. The molecule has 1 N–H and O–H groups in total. The van der Waals surface area contributed by atoms with Gasteiger partial charge in [0.2, 0.25) is 5.91 Å². The molecule has 158 valence electrons. The first-order valence-corrected chi connectivity index (χ1v) is 10.2. The predicted molar refractivity (Wildman–Crippen MR) is 115 cm³/mol. The summed E-state index contributed by atoms with van der Waals surface area (Å²) in [7, 11) is 0. The number of halogens is 1. The summed E-state index contributed by atoms with van der Waals surface area (Å²) in [5.41, 5.74) is 2.45. The van der Waals surface area contributed by atoms with Crippen molar-refractivity contribution in [3.8, 4) is 11.5 Å². The summed E-state index contributed by atoms with van der Waals surface area (Å²) in [6, 6.07) is 20.5. The summed E-state index contributed by atoms with van der Waals surface area (Å²) in [5, 5.41) is 2.92. The minimum Gasteiger partial charge on any atom is -0.457 e. The van der Waals surface area contributed by atoms with E-state index in [1.54, 1.807) is 30.3 Å². The van der Waals surface area contributed by atoms with E-state index >= 15 is 0 Å². The Labute approximate surface area is 180 Å². The van der Waals surface area contributed by atoms with Crippen LogP contribution in [0.25, 0.3) is 0 Å². The average Bonchev–Trinajstić information content (AvgIpc) is 3.19. The van der Waals surface area contributed by atoms with Gasteiger partial charge in [0, 0.05) is 31.6 Å². The van der Waals surface area contributed by atoms with Crippen molar-refractivity contribution in [3.05, 3.63) is 95.3 Å². The van der Waals surface area contributed by atoms with Crippen molar-refractivity contribution in [1.82, 2.24) is 10.2 Å². The first-order chi connectivity index (χ1) is 15.1. The largest absolute Gasteiger partial charge is 0.457 e. The number of rotatable bonds is 7. The van der Waals surface area contributed by atoms with Crippen molar-refractivity contribution < 1.29 is 18.7 Å². The standard InChI is InChI=1S/C25H23FN2O3/c26-21-8-12-23(13-9-21)31-22-10-6-18(7-11-22)16-27-25(30)20-4-1-3-19(15-20)17-28-14-2-5-24(28)29/h1,3-4,6-13,15H,2,5,14,16-17H2,(H,27,30). The van der Waals surface area contributed by atoms with Crippen LogP contribution < -0.4 is 10.1 Å². The van der Waals surface area contributed by atoms with E-state index in [4.69, 9.17) is 4.74 Å². The zero-order chi connectivity index (χ0) is 21.6. The van der Waals surface area contributed by atoms with E-state index in [0.29, 0.717) is 36.6 Å². The van der Waals surface area contributed by atoms with Crippen LogP contribution in [0.5, 0.6) is 11.5 Å². The monoisotopic (exact) mass is 418 g/mol. The molecule has 1 saturated heterocycles. The van der Waals surface area contributed by atoms with E-state index in [9.17, 15) is 14.0 Å². The number of carbonyl (C=O) groups excluding carboxylic acids is 2. The van der Waals surface area contributed by atoms with Crippen LogP contribution >= 0.6 is 0 Å². The number of hydrogen-bond acceptors (Lipinski definition) is 3. The van der Waals surface area contributed by atoms with E-state index in [1.807, 2.05) is 35.2 Å². The second-order valence-corrected chi connectivity index (χ2v) is 7.50. The highest BCUT2D eigenvalue weighted by Gasteiger charge is 2.20. The lowest BCUT2D eigenvalue weighted by Gasteiger charge is -2.16. The van der Waals surface area contributed by atoms with Crippen molar-refractivity contribution in [2.75, 3.05) is 6.54 Å². The van der Waals surface area contributed by atoms with Gasteiger partial charge >= 0.3 is 0 Å². The fraction of sp³-hybridized carbons (Fsp3) is 0.200. The molecule has 0 unspecified atom stereocenters. The average molecular weight is 418 g/mol. The maximum atomic E-state index is 13.0. The van der Waals surface area contributed by atoms with E-state index in [0.717, 1.165) is 24.1 Å². The third kappa shape index (κ3) is 5.48. The summed E-state index contributed by atoms with van der Waals surface area (Å²) in [6.45, 7) is 1.69. The molecule has 2 amide bonds. The van der Waals surface area contributed by atoms with Gasteiger partial charge in [-0.2, -0.15) is 0 Å². The van der Waals surface area contributed by atoms with Gasteiger partial charge < -0.3 is 15.0 Å². The third-order valence-corrected chi connectivity index (χ3v) is 5.16. The Kier molecular flexibility index (Phi) is 6.26. The van der Waals surface area contributed by atoms with Gasteiger partial charge in [0.15, 0.2) is 0 Å². The van der Waals surface area contributed by atoms with Gasteiger partial charge in [0.05, 0.1) is 0 Å². The Hall–Kier alpha value is -3.67. The molecule has 1 heterocycles. The number of likely N-dealkylation sites (tertiary alicyclic amines) is 1. The zero-order valence-electron chi connectivity index (χ0n) is 17.0. The quantitative estimate of drug-likeness (QED) is 0.607. The van der Waals surface area contributed by atoms with Crippen LogP contribution in [0.4, 0.5) is 4.39 Å². The summed E-state index contributed by atoms with van der Waals surface area (Å²) in [6.07, 6.45) is 1.50. The SMILES string of the molecule is O=C(NCc1ccc(Oc2ccc(F)cc2)cc1)c1cccc(CN2CCCC2=O)c1. The molecule has 3 aromatic carbocycles. The number of nitrogens with zero attached hydrogens (tertiary/aromatic N) is 1. The van der Waals surface area contributed by atoms with Crippen LogP contribution in [0.15, 0.2) is 72.8 Å². The zero-order valence-corrected chi connectivity index (χ0v) is 17.0. The summed E-state index contributed by atoms with van der Waals surface area (Å²) >= 11 is 0. The van der Waals surface area contributed by atoms with E-state index in [2.05, 4.69) is 5.32 Å². The molecule has 1 fully saturated rings. The number of nitrogens with one attached hydrogen (secondary N) is 1. The first-order valence-electron chi connectivity index (χ1n) is 10.2. The first kappa shape index (κ1) is 20.6. The van der Waals surface area contributed by atoms with Gasteiger partial charge in [-0.3, -0.25) is 9.59 Å². The molecule has 0 radical (unpaired) electrons. The molecule has 0 bridgehead atoms. The second-order valence-electron chi connectivity index (χ2n) is 7.50. The molecule has 3 aromatic rings. The van der Waals surface area contributed by atoms with Crippen LogP contribution in [-0.4, -0.2) is 23.3 Å². The summed E-state index contributed by atoms with van der Waals surface area (Å²) in [4.78, 5) is 26.2. The second kappa shape index (κ2) is 9.43. The Morgan fingerprint density at radius 1 is 0.968 bits per heavy atom. The normalized spacial score (nSPS) is 13.3. The minimum absolute atomic E-state index is 0.166. The minimum atomic E-state index is -0.312. The van der Waals surface area contributed by atoms with E-state index in [1.165, 1.54) is 12.1 Å². The molecule has 4 rings (SSSR count). The van der Waals surface area contributed by atoms with E-state index < -0.39 is 0 Å². The number of benzene rings is 3. The van der Waals surface area contributed by atoms with Gasteiger partial charge in [-0.05, 0) is 66.1 Å². The summed E-state index contributed by atoms with van der Waals surface area (Å²) in [5.74, 6) is 0.875. The predicted octanol–water partition coefficient (Wildman–Crippen LogP) is 4.67. The Morgan fingerprint density at radius 2 is 1.68 bits per heavy atom. The molecule has 1 aliphatic rings. The smallest absolute Gasteiger partial charge is 0.251 e. The Balaban J connectivity index is 1.31. The van der Waals surface area contributed by atoms with Crippen molar-refractivity contribution in [2.24, 2.45) is 0 Å². The molecule has 31 heavy (non-hydrogen) atoms. The molecule has 0 aliphatic carbocycles. The van der Waals surface area contributed by atoms with E-state index in [-0.39, 0.29) is 17.6 Å². The molecular formula is C25H23FN2O3. The lowest BCUT2D eigenvalue weighted by molar-refractivity contribution is -0.128. The van der Waals surface area contributed by atoms with Crippen LogP contribution in [0, 0.1) is 5.82 Å². The maximum absolute atomic E-state index is 13.0. The number of amides is 2. The van der Waals surface area contributed by atoms with Gasteiger partial charge in [-0.1, -0.05) is 24.3 Å². The molecular weight excluding hydrogens is 395 g/mol. The van der Waals surface area contributed by atoms with Gasteiger partial charge in [-0.15, -0.1) is 0 Å². The van der Waals surface area contributed by atoms with Gasteiger partial charge in [0.25, 0.3) is 5.91 Å². The molecule has 5 nitrogen and oxygen atoms in total. The highest BCUT2D eigenvalue weighted by Crippen LogP contribution is 2.22. The number of hydrogen-bond donors (Lipinski definition) is 1. The lowest BCUT2D eigenvalue weighted by Crippen LogP contribution is -2.25. The highest BCUT2D eigenvalue weighted by molar-refractivity contribution is 5.94. The van der Waals surface area contributed by atoms with Gasteiger partial charge in [-0.25, -0.2) is 4.39 Å². The van der Waals surface area contributed by atoms with Crippen molar-refractivity contribution in [2.45, 2.75) is 25.9 Å². The summed E-state index contributed by atoms with van der Waals surface area (Å²) < 4.78 is 18.7. The third-order valence-electron chi connectivity index (χ3n) is 5.16. The molecule has 0 atom stereocenters. The number of ether oxygens (including phenoxy) is 1. The van der Waals surface area contributed by atoms with Crippen LogP contribution in [0.2, 0.25) is 0 Å². The number of carbonyl (C=O) groups is 2. The molecule has 0 saturated carbocycles. The molecule has 6 heteroatoms. The lowest BCUT2D eigenvalue weighted by atomic mass is 10.1. The molecule has 0 spiro atoms. The topological polar surface area (TPSA) is 58.6 Å². The fourth-order valence-corrected chi connectivity index (χ4v) is 3.50. The molecule has 1 aliphatic heterocycles. The van der Waals surface area contributed by atoms with Crippen LogP contribution in [0.1, 0.15) is 34.3 Å². The maximum Gasteiger partial charge on any atom is 0.251 e.